The number of nitrogens with zero attached hydrogens (tertiary/aromatic N) is 2. The van der Waals surface area contributed by atoms with E-state index in [0.717, 1.165) is 37.0 Å². The van der Waals surface area contributed by atoms with Crippen LogP contribution in [0.15, 0.2) is 29.3 Å². The number of amides is 2. The highest BCUT2D eigenvalue weighted by Gasteiger charge is 2.52. The van der Waals surface area contributed by atoms with E-state index in [1.807, 2.05) is 38.1 Å². The maximum atomic E-state index is 13.5. The van der Waals surface area contributed by atoms with Crippen molar-refractivity contribution in [3.63, 3.8) is 0 Å². The van der Waals surface area contributed by atoms with E-state index in [2.05, 4.69) is 24.2 Å². The second-order valence-corrected chi connectivity index (χ2v) is 10.9. The molecule has 0 aromatic heterocycles. The fourth-order valence-corrected chi connectivity index (χ4v) is 5.76. The molecule has 2 aliphatic heterocycles. The van der Waals surface area contributed by atoms with E-state index in [-0.39, 0.29) is 47.3 Å². The van der Waals surface area contributed by atoms with E-state index in [0.29, 0.717) is 19.4 Å². The molecule has 35 heavy (non-hydrogen) atoms. The first kappa shape index (κ1) is 25.5. The Morgan fingerprint density at radius 2 is 2.03 bits per heavy atom. The predicted octanol–water partition coefficient (Wildman–Crippen LogP) is 3.55. The predicted molar refractivity (Wildman–Crippen MR) is 135 cm³/mol. The Morgan fingerprint density at radius 3 is 2.69 bits per heavy atom. The maximum absolute atomic E-state index is 13.5. The number of aliphatic imine (C=N–C) groups is 1. The zero-order chi connectivity index (χ0) is 25.4. The average molecular weight is 485 g/mol. The summed E-state index contributed by atoms with van der Waals surface area (Å²) >= 11 is 0. The van der Waals surface area contributed by atoms with Crippen molar-refractivity contribution in [3.8, 4) is 5.75 Å². The summed E-state index contributed by atoms with van der Waals surface area (Å²) in [5, 5.41) is 3.32. The Hall–Kier alpha value is -2.61. The average Bonchev–Trinajstić information content (AvgIpc) is 3.60. The number of nitrogens with one attached hydrogen (secondary N) is 1. The van der Waals surface area contributed by atoms with Crippen LogP contribution in [0, 0.1) is 11.8 Å². The normalized spacial score (nSPS) is 27.3. The summed E-state index contributed by atoms with van der Waals surface area (Å²) in [6, 6.07) is 7.67. The van der Waals surface area contributed by atoms with Crippen LogP contribution in [0.4, 0.5) is 0 Å². The number of carbonyl (C=O) groups excluding carboxylic acids is 2. The fourth-order valence-electron chi connectivity index (χ4n) is 5.76. The molecule has 4 rings (SSSR count). The molecule has 0 saturated heterocycles. The zero-order valence-corrected chi connectivity index (χ0v) is 21.7. The third-order valence-corrected chi connectivity index (χ3v) is 7.94. The highest BCUT2D eigenvalue weighted by Crippen LogP contribution is 2.47. The lowest BCUT2D eigenvalue weighted by Crippen LogP contribution is -2.55. The molecule has 3 aliphatic rings. The smallest absolute Gasteiger partial charge is 0.231 e. The minimum atomic E-state index is -0.509. The molecule has 8 heteroatoms. The molecule has 1 aromatic carbocycles. The number of hydrogen-bond donors (Lipinski definition) is 2. The number of methoxy groups -OCH3 is 1. The number of benzene rings is 1. The Balaban J connectivity index is 1.51. The Kier molecular flexibility index (Phi) is 7.13. The number of carbonyl (C=O) groups is 2. The lowest BCUT2D eigenvalue weighted by molar-refractivity contribution is -0.132. The van der Waals surface area contributed by atoms with E-state index in [1.165, 1.54) is 0 Å². The van der Waals surface area contributed by atoms with Crippen molar-refractivity contribution in [2.75, 3.05) is 13.7 Å². The van der Waals surface area contributed by atoms with Gasteiger partial charge in [-0.05, 0) is 51.5 Å². The first-order chi connectivity index (χ1) is 16.6. The van der Waals surface area contributed by atoms with Gasteiger partial charge in [-0.15, -0.1) is 0 Å². The van der Waals surface area contributed by atoms with Gasteiger partial charge in [-0.3, -0.25) is 14.5 Å². The third kappa shape index (κ3) is 5.17. The summed E-state index contributed by atoms with van der Waals surface area (Å²) in [4.78, 5) is 32.7. The summed E-state index contributed by atoms with van der Waals surface area (Å²) in [7, 11) is 1.64. The van der Waals surface area contributed by atoms with Gasteiger partial charge in [0, 0.05) is 37.7 Å². The summed E-state index contributed by atoms with van der Waals surface area (Å²) in [6.07, 6.45) is 4.13. The molecule has 4 atom stereocenters. The van der Waals surface area contributed by atoms with Crippen LogP contribution in [0.5, 0.6) is 5.75 Å². The van der Waals surface area contributed by atoms with Crippen LogP contribution in [0.3, 0.4) is 0 Å². The lowest BCUT2D eigenvalue weighted by Gasteiger charge is -2.41. The summed E-state index contributed by atoms with van der Waals surface area (Å²) in [5.41, 5.74) is 6.50. The van der Waals surface area contributed by atoms with Crippen LogP contribution in [-0.2, 0) is 14.3 Å². The minimum absolute atomic E-state index is 0.0283. The molecule has 1 unspecified atom stereocenters. The molecule has 0 radical (unpaired) electrons. The van der Waals surface area contributed by atoms with Gasteiger partial charge in [0.05, 0.1) is 18.0 Å². The van der Waals surface area contributed by atoms with Gasteiger partial charge in [0.1, 0.15) is 11.4 Å². The van der Waals surface area contributed by atoms with Crippen molar-refractivity contribution >= 4 is 17.8 Å². The van der Waals surface area contributed by atoms with Crippen LogP contribution in [-0.4, -0.2) is 53.6 Å². The number of ether oxygens (including phenoxy) is 2. The standard InChI is InChI=1S/C27H40N4O4/c1-6-27(7-2)15-20(17-10-8-9-11-22(17)35-27)29-24(33)19-14-18(19)21(12-13-34-5)31-23(32)16-26(3,4)30-25(31)28/h8-11,18-21H,6-7,12-16H2,1-5H3,(H2,28,30)(H,29,33)/t18-,19?,20-,21+/m0/s1. The van der Waals surface area contributed by atoms with Gasteiger partial charge >= 0.3 is 0 Å². The molecule has 2 amide bonds. The number of para-hydroxylation sites is 1. The maximum Gasteiger partial charge on any atom is 0.231 e. The molecule has 2 heterocycles. The first-order valence-electron chi connectivity index (χ1n) is 12.9. The Labute approximate surface area is 208 Å². The van der Waals surface area contributed by atoms with Crippen LogP contribution < -0.4 is 15.8 Å². The molecule has 1 fully saturated rings. The van der Waals surface area contributed by atoms with Crippen molar-refractivity contribution in [2.45, 2.75) is 89.4 Å². The molecule has 1 saturated carbocycles. The molecule has 0 bridgehead atoms. The summed E-state index contributed by atoms with van der Waals surface area (Å²) in [6.45, 7) is 8.57. The SMILES string of the molecule is CCC1(CC)C[C@H](NC(=O)C2C[C@@H]2[C@@H](CCOC)N2C(=O)CC(C)(C)N=C2N)c2ccccc2O1. The van der Waals surface area contributed by atoms with Crippen molar-refractivity contribution in [1.82, 2.24) is 10.2 Å². The third-order valence-electron chi connectivity index (χ3n) is 7.94. The van der Waals surface area contributed by atoms with E-state index in [9.17, 15) is 9.59 Å². The van der Waals surface area contributed by atoms with Crippen molar-refractivity contribution in [2.24, 2.45) is 22.6 Å². The number of fused-ring (bicyclic) bond motifs is 1. The van der Waals surface area contributed by atoms with Crippen LogP contribution in [0.1, 0.15) is 77.8 Å². The molecule has 0 spiro atoms. The van der Waals surface area contributed by atoms with Crippen molar-refractivity contribution < 1.29 is 19.1 Å². The number of guanidine groups is 1. The minimum Gasteiger partial charge on any atom is -0.487 e. The van der Waals surface area contributed by atoms with Gasteiger partial charge in [0.25, 0.3) is 0 Å². The van der Waals surface area contributed by atoms with E-state index in [4.69, 9.17) is 15.2 Å². The van der Waals surface area contributed by atoms with Crippen molar-refractivity contribution in [3.05, 3.63) is 29.8 Å². The van der Waals surface area contributed by atoms with Crippen LogP contribution >= 0.6 is 0 Å². The Bertz CT molecular complexity index is 987. The zero-order valence-electron chi connectivity index (χ0n) is 21.7. The van der Waals surface area contributed by atoms with E-state index < -0.39 is 5.54 Å². The monoisotopic (exact) mass is 484 g/mol. The van der Waals surface area contributed by atoms with Gasteiger partial charge in [0.2, 0.25) is 11.8 Å². The van der Waals surface area contributed by atoms with Gasteiger partial charge in [0.15, 0.2) is 5.96 Å². The van der Waals surface area contributed by atoms with Gasteiger partial charge in [-0.25, -0.2) is 4.99 Å². The quantitative estimate of drug-likeness (QED) is 0.558. The Morgan fingerprint density at radius 1 is 1.31 bits per heavy atom. The molecule has 192 valence electrons. The molecular weight excluding hydrogens is 444 g/mol. The largest absolute Gasteiger partial charge is 0.487 e. The highest BCUT2D eigenvalue weighted by molar-refractivity contribution is 5.99. The number of hydrogen-bond acceptors (Lipinski definition) is 6. The van der Waals surface area contributed by atoms with Crippen LogP contribution in [0.25, 0.3) is 0 Å². The van der Waals surface area contributed by atoms with Gasteiger partial charge in [-0.2, -0.15) is 0 Å². The van der Waals surface area contributed by atoms with Crippen LogP contribution in [0.2, 0.25) is 0 Å². The highest BCUT2D eigenvalue weighted by atomic mass is 16.5. The fraction of sp³-hybridized carbons (Fsp3) is 0.667. The lowest BCUT2D eigenvalue weighted by atomic mass is 9.83. The molecule has 3 N–H and O–H groups in total. The summed E-state index contributed by atoms with van der Waals surface area (Å²) < 4.78 is 11.7. The summed E-state index contributed by atoms with van der Waals surface area (Å²) in [5.74, 6) is 0.946. The van der Waals surface area contributed by atoms with E-state index in [1.54, 1.807) is 12.0 Å². The second kappa shape index (κ2) is 9.80. The first-order valence-corrected chi connectivity index (χ1v) is 12.9. The number of nitrogens with two attached hydrogens (primary N) is 1. The van der Waals surface area contributed by atoms with Crippen molar-refractivity contribution in [1.29, 1.82) is 0 Å². The molecule has 1 aromatic rings. The second-order valence-electron chi connectivity index (χ2n) is 10.9. The van der Waals surface area contributed by atoms with Gasteiger partial charge < -0.3 is 20.5 Å². The molecular formula is C27H40N4O4. The molecule has 8 nitrogen and oxygen atoms in total. The topological polar surface area (TPSA) is 106 Å². The van der Waals surface area contributed by atoms with E-state index >= 15 is 0 Å². The number of rotatable bonds is 9. The van der Waals surface area contributed by atoms with Gasteiger partial charge in [-0.1, -0.05) is 32.0 Å². The molecule has 1 aliphatic carbocycles.